The predicted octanol–water partition coefficient (Wildman–Crippen LogP) is 9.34. The molecule has 0 aliphatic heterocycles. The summed E-state index contributed by atoms with van der Waals surface area (Å²) in [6.07, 6.45) is 8.13. The van der Waals surface area contributed by atoms with Crippen LogP contribution in [-0.4, -0.2) is 24.1 Å². The maximum absolute atomic E-state index is 9.39. The van der Waals surface area contributed by atoms with Gasteiger partial charge in [-0.15, -0.1) is 0 Å². The molecule has 0 N–H and O–H groups in total. The molecule has 216 valence electrons. The molecular weight excluding hydrogens is 564 g/mol. The Morgan fingerprint density at radius 2 is 1.33 bits per heavy atom. The van der Waals surface area contributed by atoms with Gasteiger partial charge in [-0.3, -0.25) is 4.57 Å². The average molecular weight is 591 g/mol. The van der Waals surface area contributed by atoms with Crippen LogP contribution in [0.15, 0.2) is 133 Å². The molecule has 0 bridgehead atoms. The van der Waals surface area contributed by atoms with Crippen LogP contribution in [0, 0.1) is 11.3 Å². The highest BCUT2D eigenvalue weighted by atomic mass is 15.2. The Hall–Kier alpha value is -6.32. The highest BCUT2D eigenvalue weighted by molar-refractivity contribution is 6.26. The van der Waals surface area contributed by atoms with Crippen LogP contribution in [0.3, 0.4) is 0 Å². The number of allylic oxidation sites excluding steroid dienone is 4. The van der Waals surface area contributed by atoms with Gasteiger partial charge in [0.1, 0.15) is 0 Å². The van der Waals surface area contributed by atoms with Crippen molar-refractivity contribution in [2.75, 3.05) is 0 Å². The van der Waals surface area contributed by atoms with E-state index in [-0.39, 0.29) is 0 Å². The molecule has 1 aliphatic carbocycles. The Morgan fingerprint density at radius 3 is 2.09 bits per heavy atom. The third-order valence-corrected chi connectivity index (χ3v) is 8.88. The van der Waals surface area contributed by atoms with E-state index < -0.39 is 0 Å². The zero-order chi connectivity index (χ0) is 30.6. The van der Waals surface area contributed by atoms with Crippen molar-refractivity contribution in [2.45, 2.75) is 12.8 Å². The minimum atomic E-state index is 0.563. The molecule has 3 heterocycles. The molecule has 46 heavy (non-hydrogen) atoms. The Balaban J connectivity index is 1.40. The van der Waals surface area contributed by atoms with Gasteiger partial charge in [0.15, 0.2) is 11.6 Å². The fourth-order valence-corrected chi connectivity index (χ4v) is 6.79. The normalized spacial score (nSPS) is 13.1. The minimum absolute atomic E-state index is 0.563. The first-order valence-electron chi connectivity index (χ1n) is 15.4. The van der Waals surface area contributed by atoms with Crippen LogP contribution in [0.5, 0.6) is 0 Å². The number of hydrogen-bond donors (Lipinski definition) is 0. The number of aromatic nitrogens is 5. The second kappa shape index (κ2) is 10.4. The van der Waals surface area contributed by atoms with E-state index in [9.17, 15) is 5.26 Å². The summed E-state index contributed by atoms with van der Waals surface area (Å²) in [5, 5.41) is 14.1. The van der Waals surface area contributed by atoms with Gasteiger partial charge in [0.2, 0.25) is 5.95 Å². The number of para-hydroxylation sites is 3. The molecule has 9 rings (SSSR count). The largest absolute Gasteiger partial charge is 0.309 e. The van der Waals surface area contributed by atoms with E-state index in [4.69, 9.17) is 15.0 Å². The molecule has 1 aliphatic rings. The summed E-state index contributed by atoms with van der Waals surface area (Å²) in [4.78, 5) is 15.2. The van der Waals surface area contributed by atoms with Gasteiger partial charge in [-0.2, -0.15) is 15.2 Å². The van der Waals surface area contributed by atoms with Gasteiger partial charge in [0, 0.05) is 32.8 Å². The standard InChI is InChI=1S/C40H26N6/c41-25-26-19-21-28(22-20-26)39-42-38(27-11-3-1-4-12-27)43-40(44-39)46-34-18-10-8-16-32(34)36-35(46)24-23-31-30-15-7-9-17-33(30)45(37(31)36)29-13-5-2-6-14-29/h1-3,5-11,13-24H,4,12H2. The molecule has 5 aromatic carbocycles. The highest BCUT2D eigenvalue weighted by Crippen LogP contribution is 2.41. The van der Waals surface area contributed by atoms with Crippen molar-refractivity contribution < 1.29 is 0 Å². The Morgan fingerprint density at radius 1 is 0.609 bits per heavy atom. The van der Waals surface area contributed by atoms with Crippen LogP contribution in [0.1, 0.15) is 24.2 Å². The first kappa shape index (κ1) is 26.1. The smallest absolute Gasteiger partial charge is 0.238 e. The van der Waals surface area contributed by atoms with Crippen LogP contribution in [0.25, 0.3) is 72.2 Å². The first-order chi connectivity index (χ1) is 22.8. The van der Waals surface area contributed by atoms with E-state index in [1.165, 1.54) is 10.8 Å². The summed E-state index contributed by atoms with van der Waals surface area (Å²) < 4.78 is 4.55. The number of hydrogen-bond acceptors (Lipinski definition) is 4. The van der Waals surface area contributed by atoms with Gasteiger partial charge in [0.25, 0.3) is 0 Å². The lowest BCUT2D eigenvalue weighted by Gasteiger charge is -2.13. The van der Waals surface area contributed by atoms with Crippen molar-refractivity contribution in [3.8, 4) is 29.1 Å². The molecule has 0 atom stereocenters. The number of fused-ring (bicyclic) bond motifs is 7. The van der Waals surface area contributed by atoms with E-state index in [0.717, 1.165) is 62.5 Å². The van der Waals surface area contributed by atoms with Crippen LogP contribution in [-0.2, 0) is 0 Å². The summed E-state index contributed by atoms with van der Waals surface area (Å²) in [5.41, 5.74) is 7.98. The fraction of sp³-hybridized carbons (Fsp3) is 0.0500. The predicted molar refractivity (Wildman–Crippen MR) is 185 cm³/mol. The quantitative estimate of drug-likeness (QED) is 0.205. The molecule has 0 saturated heterocycles. The molecule has 6 nitrogen and oxygen atoms in total. The molecule has 6 heteroatoms. The molecule has 0 amide bonds. The Bertz CT molecular complexity index is 2580. The van der Waals surface area contributed by atoms with E-state index in [1.807, 2.05) is 12.1 Å². The molecule has 8 aromatic rings. The van der Waals surface area contributed by atoms with Gasteiger partial charge in [-0.1, -0.05) is 78.9 Å². The molecule has 0 radical (unpaired) electrons. The van der Waals surface area contributed by atoms with Gasteiger partial charge >= 0.3 is 0 Å². The van der Waals surface area contributed by atoms with Crippen molar-refractivity contribution in [1.82, 2.24) is 24.1 Å². The summed E-state index contributed by atoms with van der Waals surface area (Å²) in [6.45, 7) is 0. The molecule has 0 saturated carbocycles. The van der Waals surface area contributed by atoms with Crippen LogP contribution >= 0.6 is 0 Å². The highest BCUT2D eigenvalue weighted by Gasteiger charge is 2.23. The lowest BCUT2D eigenvalue weighted by atomic mass is 10.0. The van der Waals surface area contributed by atoms with E-state index in [1.54, 1.807) is 12.1 Å². The third-order valence-electron chi connectivity index (χ3n) is 8.88. The summed E-state index contributed by atoms with van der Waals surface area (Å²) >= 11 is 0. The van der Waals surface area contributed by atoms with Gasteiger partial charge in [0.05, 0.1) is 33.7 Å². The monoisotopic (exact) mass is 590 g/mol. The Labute approximate surface area is 264 Å². The summed E-state index contributed by atoms with van der Waals surface area (Å²) in [5.74, 6) is 1.80. The maximum Gasteiger partial charge on any atom is 0.238 e. The van der Waals surface area contributed by atoms with Crippen molar-refractivity contribution in [3.63, 3.8) is 0 Å². The first-order valence-corrected chi connectivity index (χ1v) is 15.4. The zero-order valence-electron chi connectivity index (χ0n) is 24.8. The molecule has 3 aromatic heterocycles. The van der Waals surface area contributed by atoms with Gasteiger partial charge < -0.3 is 4.57 Å². The number of benzene rings is 5. The number of rotatable bonds is 4. The average Bonchev–Trinajstić information content (AvgIpc) is 3.65. The van der Waals surface area contributed by atoms with Crippen molar-refractivity contribution in [1.29, 1.82) is 5.26 Å². The number of nitriles is 1. The number of nitrogens with zero attached hydrogens (tertiary/aromatic N) is 6. The second-order valence-corrected chi connectivity index (χ2v) is 11.5. The summed E-state index contributed by atoms with van der Waals surface area (Å²) in [7, 11) is 0. The second-order valence-electron chi connectivity index (χ2n) is 11.5. The van der Waals surface area contributed by atoms with Crippen molar-refractivity contribution in [3.05, 3.63) is 145 Å². The summed E-state index contributed by atoms with van der Waals surface area (Å²) in [6, 6.07) is 41.7. The van der Waals surface area contributed by atoms with Gasteiger partial charge in [-0.25, -0.2) is 4.98 Å². The topological polar surface area (TPSA) is 72.3 Å². The van der Waals surface area contributed by atoms with Crippen molar-refractivity contribution >= 4 is 49.2 Å². The van der Waals surface area contributed by atoms with Crippen LogP contribution in [0.2, 0.25) is 0 Å². The van der Waals surface area contributed by atoms with Gasteiger partial charge in [-0.05, 0) is 73.0 Å². The van der Waals surface area contributed by atoms with Crippen molar-refractivity contribution in [2.24, 2.45) is 0 Å². The lowest BCUT2D eigenvalue weighted by Crippen LogP contribution is -2.08. The SMILES string of the molecule is N#Cc1ccc(-c2nc(C3=CC=CCC3)nc(-n3c4ccccc4c4c3ccc3c5ccccc5n(-c5ccccc5)c34)n2)cc1. The van der Waals surface area contributed by atoms with Crippen LogP contribution in [0.4, 0.5) is 0 Å². The van der Waals surface area contributed by atoms with E-state index in [0.29, 0.717) is 23.2 Å². The molecular formula is C40H26N6. The Kier molecular flexibility index (Phi) is 5.90. The molecule has 0 unspecified atom stereocenters. The molecule has 0 spiro atoms. The van der Waals surface area contributed by atoms with E-state index in [2.05, 4.69) is 124 Å². The third kappa shape index (κ3) is 3.99. The minimum Gasteiger partial charge on any atom is -0.309 e. The molecule has 0 fully saturated rings. The van der Waals surface area contributed by atoms with E-state index >= 15 is 0 Å². The van der Waals surface area contributed by atoms with Crippen LogP contribution < -0.4 is 0 Å². The zero-order valence-corrected chi connectivity index (χ0v) is 24.8. The fourth-order valence-electron chi connectivity index (χ4n) is 6.79. The lowest BCUT2D eigenvalue weighted by molar-refractivity contribution is 0.913. The maximum atomic E-state index is 9.39.